The summed E-state index contributed by atoms with van der Waals surface area (Å²) < 4.78 is 7.57. The number of carbonyl (C=O) groups is 1. The zero-order chi connectivity index (χ0) is 22.5. The molecule has 32 heavy (non-hydrogen) atoms. The summed E-state index contributed by atoms with van der Waals surface area (Å²) >= 11 is 0. The van der Waals surface area contributed by atoms with Crippen molar-refractivity contribution in [1.82, 2.24) is 9.78 Å². The first-order valence-corrected chi connectivity index (χ1v) is 12.9. The fourth-order valence-corrected chi connectivity index (χ4v) is 9.12. The third-order valence-electron chi connectivity index (χ3n) is 10.5. The molecule has 1 aromatic rings. The van der Waals surface area contributed by atoms with E-state index in [1.54, 1.807) is 17.1 Å². The summed E-state index contributed by atoms with van der Waals surface area (Å²) in [6, 6.07) is 2.11. The van der Waals surface area contributed by atoms with Gasteiger partial charge in [0.2, 0.25) is 0 Å². The molecule has 4 aliphatic rings. The largest absolute Gasteiger partial charge is 0.384 e. The lowest BCUT2D eigenvalue weighted by Crippen LogP contribution is -2.56. The van der Waals surface area contributed by atoms with Gasteiger partial charge in [0, 0.05) is 19.2 Å². The van der Waals surface area contributed by atoms with Gasteiger partial charge in [-0.05, 0) is 91.8 Å². The number of rotatable bonds is 5. The Hall–Kier alpha value is -1.67. The standard InChI is InChI=1S/C27H39N3O2/c1-18-8-11-27(17-32-3)20(12-18)4-5-21-22-6-7-24(26(22,2)10-9-23(21)27)25(31)16-30-15-19(13-28)14-29-30/h14-15,18,20-24H,4-12,16-17H2,1-3H3/t18?,20-,21?,22?,23?,24-,26+,27?/m1/s1. The van der Waals surface area contributed by atoms with Crippen molar-refractivity contribution in [3.8, 4) is 6.07 Å². The van der Waals surface area contributed by atoms with Crippen molar-refractivity contribution in [3.63, 3.8) is 0 Å². The Bertz CT molecular complexity index is 903. The number of hydrogen-bond donors (Lipinski definition) is 0. The predicted octanol–water partition coefficient (Wildman–Crippen LogP) is 5.25. The van der Waals surface area contributed by atoms with Gasteiger partial charge in [-0.1, -0.05) is 20.3 Å². The maximum absolute atomic E-state index is 13.4. The van der Waals surface area contributed by atoms with E-state index in [0.717, 1.165) is 36.7 Å². The van der Waals surface area contributed by atoms with Crippen molar-refractivity contribution in [2.24, 2.45) is 46.3 Å². The monoisotopic (exact) mass is 437 g/mol. The molecule has 0 bridgehead atoms. The van der Waals surface area contributed by atoms with Gasteiger partial charge < -0.3 is 4.74 Å². The Morgan fingerprint density at radius 1 is 1.22 bits per heavy atom. The van der Waals surface area contributed by atoms with Crippen LogP contribution in [0.1, 0.15) is 77.2 Å². The zero-order valence-corrected chi connectivity index (χ0v) is 20.1. The molecule has 5 heteroatoms. The fourth-order valence-electron chi connectivity index (χ4n) is 9.12. The van der Waals surface area contributed by atoms with Crippen LogP contribution in [0.25, 0.3) is 0 Å². The Morgan fingerprint density at radius 2 is 2.06 bits per heavy atom. The average Bonchev–Trinajstić information content (AvgIpc) is 3.37. The normalized spacial score (nSPS) is 43.1. The van der Waals surface area contributed by atoms with Gasteiger partial charge in [0.15, 0.2) is 5.78 Å². The summed E-state index contributed by atoms with van der Waals surface area (Å²) in [5, 5.41) is 13.3. The first-order valence-electron chi connectivity index (χ1n) is 12.9. The van der Waals surface area contributed by atoms with Crippen LogP contribution in [-0.4, -0.2) is 29.3 Å². The van der Waals surface area contributed by atoms with E-state index < -0.39 is 0 Å². The van der Waals surface area contributed by atoms with E-state index >= 15 is 0 Å². The minimum absolute atomic E-state index is 0.118. The smallest absolute Gasteiger partial charge is 0.157 e. The second-order valence-electron chi connectivity index (χ2n) is 11.9. The molecule has 1 aromatic heterocycles. The fraction of sp³-hybridized carbons (Fsp3) is 0.815. The van der Waals surface area contributed by atoms with E-state index in [-0.39, 0.29) is 11.3 Å². The van der Waals surface area contributed by atoms with Gasteiger partial charge in [0.1, 0.15) is 6.07 Å². The number of methoxy groups -OCH3 is 1. The number of aromatic nitrogens is 2. The molecule has 0 aliphatic heterocycles. The third-order valence-corrected chi connectivity index (χ3v) is 10.5. The number of ketones is 1. The highest BCUT2D eigenvalue weighted by Crippen LogP contribution is 2.68. The quantitative estimate of drug-likeness (QED) is 0.631. The number of Topliss-reactive ketones (excluding diaryl/α,β-unsaturated/α-hetero) is 1. The summed E-state index contributed by atoms with van der Waals surface area (Å²) in [5.74, 6) is 4.30. The van der Waals surface area contributed by atoms with Crippen LogP contribution in [0.4, 0.5) is 0 Å². The molecule has 8 atom stereocenters. The molecule has 5 unspecified atom stereocenters. The Balaban J connectivity index is 1.36. The highest BCUT2D eigenvalue weighted by atomic mass is 16.5. The van der Waals surface area contributed by atoms with E-state index in [2.05, 4.69) is 25.0 Å². The lowest BCUT2D eigenvalue weighted by molar-refractivity contribution is -0.154. The first kappa shape index (κ1) is 22.1. The maximum Gasteiger partial charge on any atom is 0.157 e. The van der Waals surface area contributed by atoms with Crippen molar-refractivity contribution in [2.45, 2.75) is 78.2 Å². The molecular weight excluding hydrogens is 398 g/mol. The Morgan fingerprint density at radius 3 is 2.81 bits per heavy atom. The van der Waals surface area contributed by atoms with Crippen LogP contribution in [0.15, 0.2) is 12.4 Å². The molecule has 4 saturated carbocycles. The first-order chi connectivity index (χ1) is 15.4. The van der Waals surface area contributed by atoms with Gasteiger partial charge in [-0.3, -0.25) is 9.48 Å². The number of hydrogen-bond acceptors (Lipinski definition) is 4. The second kappa shape index (κ2) is 8.28. The molecule has 174 valence electrons. The lowest BCUT2D eigenvalue weighted by Gasteiger charge is -2.61. The second-order valence-corrected chi connectivity index (χ2v) is 11.9. The van der Waals surface area contributed by atoms with Crippen LogP contribution in [-0.2, 0) is 16.1 Å². The molecule has 0 saturated heterocycles. The van der Waals surface area contributed by atoms with E-state index in [1.807, 2.05) is 7.11 Å². The van der Waals surface area contributed by atoms with Crippen molar-refractivity contribution >= 4 is 5.78 Å². The van der Waals surface area contributed by atoms with E-state index in [1.165, 1.54) is 51.4 Å². The van der Waals surface area contributed by atoms with Gasteiger partial charge in [0.05, 0.1) is 24.9 Å². The van der Waals surface area contributed by atoms with Crippen molar-refractivity contribution in [2.75, 3.05) is 13.7 Å². The highest BCUT2D eigenvalue weighted by molar-refractivity contribution is 5.82. The Kier molecular flexibility index (Phi) is 5.73. The average molecular weight is 438 g/mol. The number of ether oxygens (including phenoxy) is 1. The van der Waals surface area contributed by atoms with Crippen LogP contribution in [0, 0.1) is 57.7 Å². The predicted molar refractivity (Wildman–Crippen MR) is 123 cm³/mol. The van der Waals surface area contributed by atoms with Gasteiger partial charge in [0.25, 0.3) is 0 Å². The highest BCUT2D eigenvalue weighted by Gasteiger charge is 2.62. The molecule has 0 spiro atoms. The number of nitrogens with zero attached hydrogens (tertiary/aromatic N) is 3. The molecule has 0 N–H and O–H groups in total. The molecule has 4 fully saturated rings. The van der Waals surface area contributed by atoms with Crippen LogP contribution in [0.3, 0.4) is 0 Å². The van der Waals surface area contributed by atoms with Crippen molar-refractivity contribution < 1.29 is 9.53 Å². The van der Waals surface area contributed by atoms with Crippen LogP contribution < -0.4 is 0 Å². The molecular formula is C27H39N3O2. The van der Waals surface area contributed by atoms with Crippen LogP contribution in [0.2, 0.25) is 0 Å². The van der Waals surface area contributed by atoms with E-state index in [4.69, 9.17) is 10.00 Å². The summed E-state index contributed by atoms with van der Waals surface area (Å²) in [6.07, 6.45) is 14.7. The number of carbonyl (C=O) groups excluding carboxylic acids is 1. The summed E-state index contributed by atoms with van der Waals surface area (Å²) in [4.78, 5) is 13.4. The zero-order valence-electron chi connectivity index (χ0n) is 20.1. The minimum Gasteiger partial charge on any atom is -0.384 e. The minimum atomic E-state index is 0.118. The summed E-state index contributed by atoms with van der Waals surface area (Å²) in [7, 11) is 1.90. The van der Waals surface area contributed by atoms with Crippen molar-refractivity contribution in [3.05, 3.63) is 18.0 Å². The van der Waals surface area contributed by atoms with Crippen molar-refractivity contribution in [1.29, 1.82) is 5.26 Å². The van der Waals surface area contributed by atoms with Gasteiger partial charge in [-0.25, -0.2) is 0 Å². The van der Waals surface area contributed by atoms with Gasteiger partial charge in [-0.15, -0.1) is 0 Å². The molecule has 1 heterocycles. The Labute approximate surface area is 192 Å². The molecule has 0 amide bonds. The lowest BCUT2D eigenvalue weighted by atomic mass is 9.44. The van der Waals surface area contributed by atoms with Crippen LogP contribution in [0.5, 0.6) is 0 Å². The van der Waals surface area contributed by atoms with Crippen LogP contribution >= 0.6 is 0 Å². The molecule has 5 rings (SSSR count). The molecule has 0 radical (unpaired) electrons. The molecule has 0 aromatic carbocycles. The molecule has 4 aliphatic carbocycles. The third kappa shape index (κ3) is 3.36. The van der Waals surface area contributed by atoms with E-state index in [0.29, 0.717) is 29.2 Å². The number of nitriles is 1. The SMILES string of the molecule is COCC12CCC(C)C[C@H]1CCC1C2CC[C@@]2(C)C1CC[C@@H]2C(=O)Cn1cc(C#N)cn1. The summed E-state index contributed by atoms with van der Waals surface area (Å²) in [6.45, 7) is 6.09. The van der Waals surface area contributed by atoms with E-state index in [9.17, 15) is 4.79 Å². The van der Waals surface area contributed by atoms with Gasteiger partial charge in [-0.2, -0.15) is 10.4 Å². The number of fused-ring (bicyclic) bond motifs is 5. The molecule has 5 nitrogen and oxygen atoms in total. The topological polar surface area (TPSA) is 67.9 Å². The maximum atomic E-state index is 13.4. The summed E-state index contributed by atoms with van der Waals surface area (Å²) in [5.41, 5.74) is 1.01. The van der Waals surface area contributed by atoms with Gasteiger partial charge >= 0.3 is 0 Å².